The average Bonchev–Trinajstić information content (AvgIpc) is 2.79. The summed E-state index contributed by atoms with van der Waals surface area (Å²) in [5, 5.41) is 5.87. The summed E-state index contributed by atoms with van der Waals surface area (Å²) < 4.78 is 5.24. The molecule has 164 valence electrons. The van der Waals surface area contributed by atoms with Gasteiger partial charge in [0.05, 0.1) is 17.7 Å². The van der Waals surface area contributed by atoms with Gasteiger partial charge in [0.15, 0.2) is 0 Å². The topological polar surface area (TPSA) is 70.7 Å². The van der Waals surface area contributed by atoms with Crippen molar-refractivity contribution in [3.8, 4) is 5.75 Å². The minimum atomic E-state index is -0.183. The Morgan fingerprint density at radius 3 is 2.74 bits per heavy atom. The number of carbonyl (C=O) groups excluding carboxylic acids is 2. The average molecular weight is 440 g/mol. The van der Waals surface area contributed by atoms with Gasteiger partial charge in [-0.2, -0.15) is 0 Å². The summed E-state index contributed by atoms with van der Waals surface area (Å²) >= 11 is 1.39. The van der Waals surface area contributed by atoms with Gasteiger partial charge in [0.1, 0.15) is 5.75 Å². The fourth-order valence-electron chi connectivity index (χ4n) is 3.33. The molecule has 0 radical (unpaired) electrons. The summed E-state index contributed by atoms with van der Waals surface area (Å²) in [6.45, 7) is 7.90. The van der Waals surface area contributed by atoms with Crippen LogP contribution in [0.25, 0.3) is 6.08 Å². The molecule has 2 aromatic carbocycles. The van der Waals surface area contributed by atoms with Crippen LogP contribution in [0.1, 0.15) is 36.2 Å². The zero-order valence-corrected chi connectivity index (χ0v) is 19.1. The first-order chi connectivity index (χ1) is 15.0. The van der Waals surface area contributed by atoms with Gasteiger partial charge in [-0.15, -0.1) is 0 Å². The molecule has 1 aliphatic rings. The highest BCUT2D eigenvalue weighted by Crippen LogP contribution is 2.39. The van der Waals surface area contributed by atoms with Gasteiger partial charge >= 0.3 is 0 Å². The number of hydrogen-bond acceptors (Lipinski definition) is 5. The molecule has 0 unspecified atom stereocenters. The molecule has 0 aliphatic carbocycles. The van der Waals surface area contributed by atoms with E-state index < -0.39 is 0 Å². The first-order valence-electron chi connectivity index (χ1n) is 10.5. The normalized spacial score (nSPS) is 14.3. The number of nitrogens with one attached hydrogen (secondary N) is 2. The van der Waals surface area contributed by atoms with Gasteiger partial charge in [0, 0.05) is 17.0 Å². The SMILES string of the molecule is CCN(CC)CCCNC(=O)c1ccc2c(c1)NC(=O)C(=Cc1cccc(OC)c1)S2. The predicted octanol–water partition coefficient (Wildman–Crippen LogP) is 4.24. The molecule has 7 heteroatoms. The Balaban J connectivity index is 1.64. The van der Waals surface area contributed by atoms with Crippen molar-refractivity contribution < 1.29 is 14.3 Å². The molecular weight excluding hydrogens is 410 g/mol. The van der Waals surface area contributed by atoms with Gasteiger partial charge in [-0.1, -0.05) is 37.7 Å². The summed E-state index contributed by atoms with van der Waals surface area (Å²) in [6.07, 6.45) is 2.74. The minimum absolute atomic E-state index is 0.126. The molecule has 2 N–H and O–H groups in total. The number of thioether (sulfide) groups is 1. The van der Waals surface area contributed by atoms with E-state index in [1.165, 1.54) is 11.8 Å². The van der Waals surface area contributed by atoms with Crippen LogP contribution in [-0.2, 0) is 4.79 Å². The molecule has 0 atom stereocenters. The van der Waals surface area contributed by atoms with E-state index in [0.29, 0.717) is 22.7 Å². The van der Waals surface area contributed by atoms with Crippen LogP contribution in [0.3, 0.4) is 0 Å². The van der Waals surface area contributed by atoms with Crippen LogP contribution in [0.4, 0.5) is 5.69 Å². The van der Waals surface area contributed by atoms with E-state index in [-0.39, 0.29) is 11.8 Å². The molecule has 0 bridgehead atoms. The Labute approximate surface area is 188 Å². The minimum Gasteiger partial charge on any atom is -0.497 e. The first kappa shape index (κ1) is 22.9. The summed E-state index contributed by atoms with van der Waals surface area (Å²) in [6, 6.07) is 13.0. The lowest BCUT2D eigenvalue weighted by molar-refractivity contribution is -0.112. The Bertz CT molecular complexity index is 970. The number of rotatable bonds is 9. The second-order valence-electron chi connectivity index (χ2n) is 7.19. The van der Waals surface area contributed by atoms with Gasteiger partial charge < -0.3 is 20.3 Å². The van der Waals surface area contributed by atoms with Crippen molar-refractivity contribution in [1.82, 2.24) is 10.2 Å². The molecule has 2 aromatic rings. The van der Waals surface area contributed by atoms with Crippen molar-refractivity contribution in [2.24, 2.45) is 0 Å². The maximum Gasteiger partial charge on any atom is 0.262 e. The van der Waals surface area contributed by atoms with E-state index >= 15 is 0 Å². The van der Waals surface area contributed by atoms with Crippen LogP contribution in [0.5, 0.6) is 5.75 Å². The highest BCUT2D eigenvalue weighted by molar-refractivity contribution is 8.04. The fourth-order valence-corrected chi connectivity index (χ4v) is 4.26. The molecular formula is C24H29N3O3S. The van der Waals surface area contributed by atoms with Crippen LogP contribution in [0.15, 0.2) is 52.3 Å². The van der Waals surface area contributed by atoms with Crippen LogP contribution in [0, 0.1) is 0 Å². The maximum atomic E-state index is 12.6. The molecule has 31 heavy (non-hydrogen) atoms. The van der Waals surface area contributed by atoms with Gasteiger partial charge in [-0.3, -0.25) is 9.59 Å². The molecule has 2 amide bonds. The summed E-state index contributed by atoms with van der Waals surface area (Å²) in [5.74, 6) is 0.431. The van der Waals surface area contributed by atoms with Crippen LogP contribution in [-0.4, -0.2) is 50.0 Å². The van der Waals surface area contributed by atoms with E-state index in [1.807, 2.05) is 36.4 Å². The van der Waals surface area contributed by atoms with Crippen LogP contribution >= 0.6 is 11.8 Å². The number of hydrogen-bond donors (Lipinski definition) is 2. The number of benzene rings is 2. The van der Waals surface area contributed by atoms with E-state index in [1.54, 1.807) is 19.2 Å². The number of anilines is 1. The summed E-state index contributed by atoms with van der Waals surface area (Å²) in [4.78, 5) is 28.9. The van der Waals surface area contributed by atoms with E-state index in [4.69, 9.17) is 4.74 Å². The monoisotopic (exact) mass is 439 g/mol. The van der Waals surface area contributed by atoms with Crippen molar-refractivity contribution in [2.75, 3.05) is 38.6 Å². The number of methoxy groups -OCH3 is 1. The molecule has 0 aromatic heterocycles. The Kier molecular flexibility index (Phi) is 8.14. The highest BCUT2D eigenvalue weighted by atomic mass is 32.2. The van der Waals surface area contributed by atoms with Crippen molar-refractivity contribution >= 4 is 35.3 Å². The van der Waals surface area contributed by atoms with Crippen molar-refractivity contribution in [1.29, 1.82) is 0 Å². The lowest BCUT2D eigenvalue weighted by atomic mass is 10.1. The third-order valence-electron chi connectivity index (χ3n) is 5.16. The molecule has 1 heterocycles. The Morgan fingerprint density at radius 1 is 1.19 bits per heavy atom. The van der Waals surface area contributed by atoms with Crippen LogP contribution < -0.4 is 15.4 Å². The van der Waals surface area contributed by atoms with Crippen LogP contribution in [0.2, 0.25) is 0 Å². The largest absolute Gasteiger partial charge is 0.497 e. The first-order valence-corrected chi connectivity index (χ1v) is 11.3. The predicted molar refractivity (Wildman–Crippen MR) is 127 cm³/mol. The number of ether oxygens (including phenoxy) is 1. The van der Waals surface area contributed by atoms with E-state index in [9.17, 15) is 9.59 Å². The quantitative estimate of drug-likeness (QED) is 0.452. The van der Waals surface area contributed by atoms with E-state index in [2.05, 4.69) is 29.4 Å². The standard InChI is InChI=1S/C24H29N3O3S/c1-4-27(5-2)13-7-12-25-23(28)18-10-11-21-20(16-18)26-24(29)22(31-21)15-17-8-6-9-19(14-17)30-3/h6,8-11,14-16H,4-5,7,12-13H2,1-3H3,(H,25,28)(H,26,29). The number of amides is 2. The second-order valence-corrected chi connectivity index (χ2v) is 8.27. The van der Waals surface area contributed by atoms with Gasteiger partial charge in [0.2, 0.25) is 0 Å². The number of nitrogens with zero attached hydrogens (tertiary/aromatic N) is 1. The van der Waals surface area contributed by atoms with Gasteiger partial charge in [-0.05, 0) is 68.0 Å². The third-order valence-corrected chi connectivity index (χ3v) is 6.26. The highest BCUT2D eigenvalue weighted by Gasteiger charge is 2.22. The molecule has 0 saturated carbocycles. The molecule has 0 saturated heterocycles. The fraction of sp³-hybridized carbons (Fsp3) is 0.333. The van der Waals surface area contributed by atoms with Crippen molar-refractivity contribution in [3.63, 3.8) is 0 Å². The number of carbonyl (C=O) groups is 2. The summed E-state index contributed by atoms with van der Waals surface area (Å²) in [5.41, 5.74) is 2.09. The van der Waals surface area contributed by atoms with Gasteiger partial charge in [-0.25, -0.2) is 0 Å². The van der Waals surface area contributed by atoms with E-state index in [0.717, 1.165) is 42.3 Å². The lowest BCUT2D eigenvalue weighted by Crippen LogP contribution is -2.30. The summed E-state index contributed by atoms with van der Waals surface area (Å²) in [7, 11) is 1.61. The maximum absolute atomic E-state index is 12.6. The third kappa shape index (κ3) is 6.12. The second kappa shape index (κ2) is 11.0. The van der Waals surface area contributed by atoms with Crippen molar-refractivity contribution in [3.05, 3.63) is 58.5 Å². The number of fused-ring (bicyclic) bond motifs is 1. The molecule has 1 aliphatic heterocycles. The molecule has 0 spiro atoms. The lowest BCUT2D eigenvalue weighted by Gasteiger charge is -2.20. The zero-order chi connectivity index (χ0) is 22.2. The Morgan fingerprint density at radius 2 is 2.00 bits per heavy atom. The smallest absolute Gasteiger partial charge is 0.262 e. The molecule has 3 rings (SSSR count). The zero-order valence-electron chi connectivity index (χ0n) is 18.2. The molecule has 6 nitrogen and oxygen atoms in total. The Hall–Kier alpha value is -2.77. The van der Waals surface area contributed by atoms with Crippen molar-refractivity contribution in [2.45, 2.75) is 25.2 Å². The van der Waals surface area contributed by atoms with Gasteiger partial charge in [0.25, 0.3) is 11.8 Å². The molecule has 0 fully saturated rings.